The molecule has 54 valence electrons. The molecule has 0 unspecified atom stereocenters. The van der Waals surface area contributed by atoms with Crippen LogP contribution in [0.15, 0.2) is 35.6 Å². The Kier molecular flexibility index (Phi) is 2.32. The normalized spacial score (nSPS) is 21.0. The molecule has 1 aliphatic rings. The SMILES string of the molecule is CN/C(C)=C1/C=CC=CC1. The smallest absolute Gasteiger partial charge is 0.0108 e. The fourth-order valence-electron chi connectivity index (χ4n) is 0.952. The molecule has 1 aliphatic carbocycles. The summed E-state index contributed by atoms with van der Waals surface area (Å²) in [5, 5.41) is 3.13. The van der Waals surface area contributed by atoms with Gasteiger partial charge in [0.25, 0.3) is 0 Å². The van der Waals surface area contributed by atoms with E-state index in [1.54, 1.807) is 0 Å². The highest BCUT2D eigenvalue weighted by Gasteiger charge is 1.96. The highest BCUT2D eigenvalue weighted by atomic mass is 14.8. The number of rotatable bonds is 1. The first-order valence-electron chi connectivity index (χ1n) is 3.55. The van der Waals surface area contributed by atoms with Crippen molar-refractivity contribution in [2.45, 2.75) is 13.3 Å². The zero-order valence-corrected chi connectivity index (χ0v) is 6.52. The maximum Gasteiger partial charge on any atom is 0.0108 e. The predicted molar refractivity (Wildman–Crippen MR) is 44.7 cm³/mol. The van der Waals surface area contributed by atoms with Gasteiger partial charge in [-0.2, -0.15) is 0 Å². The van der Waals surface area contributed by atoms with E-state index in [-0.39, 0.29) is 0 Å². The molecule has 0 saturated carbocycles. The maximum absolute atomic E-state index is 3.13. The molecule has 0 radical (unpaired) electrons. The number of hydrogen-bond acceptors (Lipinski definition) is 1. The lowest BCUT2D eigenvalue weighted by molar-refractivity contribution is 0.953. The predicted octanol–water partition coefficient (Wildman–Crippen LogP) is 2.00. The first kappa shape index (κ1) is 7.13. The van der Waals surface area contributed by atoms with Crippen LogP contribution in [0.1, 0.15) is 13.3 Å². The Morgan fingerprint density at radius 2 is 2.30 bits per heavy atom. The van der Waals surface area contributed by atoms with E-state index in [0.29, 0.717) is 0 Å². The molecular formula is C9H13N. The quantitative estimate of drug-likeness (QED) is 0.580. The number of allylic oxidation sites excluding steroid dienone is 6. The van der Waals surface area contributed by atoms with E-state index in [1.165, 1.54) is 11.3 Å². The highest BCUT2D eigenvalue weighted by Crippen LogP contribution is 2.12. The van der Waals surface area contributed by atoms with E-state index < -0.39 is 0 Å². The minimum absolute atomic E-state index is 1.06. The molecule has 0 aromatic heterocycles. The third-order valence-corrected chi connectivity index (χ3v) is 1.74. The molecule has 0 spiro atoms. The Morgan fingerprint density at radius 3 is 2.80 bits per heavy atom. The van der Waals surface area contributed by atoms with Gasteiger partial charge in [0.2, 0.25) is 0 Å². The van der Waals surface area contributed by atoms with Crippen molar-refractivity contribution in [2.75, 3.05) is 7.05 Å². The molecule has 0 fully saturated rings. The summed E-state index contributed by atoms with van der Waals surface area (Å²) in [4.78, 5) is 0. The Morgan fingerprint density at radius 1 is 1.50 bits per heavy atom. The van der Waals surface area contributed by atoms with Crippen LogP contribution < -0.4 is 5.32 Å². The van der Waals surface area contributed by atoms with E-state index >= 15 is 0 Å². The van der Waals surface area contributed by atoms with Gasteiger partial charge in [-0.3, -0.25) is 0 Å². The molecular weight excluding hydrogens is 122 g/mol. The van der Waals surface area contributed by atoms with Gasteiger partial charge in [-0.05, 0) is 18.9 Å². The largest absolute Gasteiger partial charge is 0.391 e. The summed E-state index contributed by atoms with van der Waals surface area (Å²) in [6.45, 7) is 2.10. The van der Waals surface area contributed by atoms with Crippen molar-refractivity contribution in [1.29, 1.82) is 0 Å². The molecule has 0 amide bonds. The van der Waals surface area contributed by atoms with Crippen LogP contribution in [0.4, 0.5) is 0 Å². The minimum atomic E-state index is 1.06. The van der Waals surface area contributed by atoms with Crippen molar-refractivity contribution in [3.05, 3.63) is 35.6 Å². The van der Waals surface area contributed by atoms with Crippen LogP contribution in [0.3, 0.4) is 0 Å². The molecule has 0 aliphatic heterocycles. The first-order chi connectivity index (χ1) is 4.84. The fourth-order valence-corrected chi connectivity index (χ4v) is 0.952. The molecule has 1 rings (SSSR count). The van der Waals surface area contributed by atoms with Crippen LogP contribution in [0.25, 0.3) is 0 Å². The molecule has 0 atom stereocenters. The highest BCUT2D eigenvalue weighted by molar-refractivity contribution is 5.32. The van der Waals surface area contributed by atoms with Gasteiger partial charge in [0.05, 0.1) is 0 Å². The van der Waals surface area contributed by atoms with Crippen molar-refractivity contribution >= 4 is 0 Å². The van der Waals surface area contributed by atoms with E-state index in [1.807, 2.05) is 7.05 Å². The van der Waals surface area contributed by atoms with E-state index in [4.69, 9.17) is 0 Å². The summed E-state index contributed by atoms with van der Waals surface area (Å²) >= 11 is 0. The van der Waals surface area contributed by atoms with Gasteiger partial charge in [0.1, 0.15) is 0 Å². The monoisotopic (exact) mass is 135 g/mol. The molecule has 1 heteroatoms. The summed E-state index contributed by atoms with van der Waals surface area (Å²) in [5.74, 6) is 0. The third kappa shape index (κ3) is 1.50. The molecule has 0 aromatic rings. The van der Waals surface area contributed by atoms with Gasteiger partial charge < -0.3 is 5.32 Å². The first-order valence-corrected chi connectivity index (χ1v) is 3.55. The van der Waals surface area contributed by atoms with Crippen molar-refractivity contribution in [3.8, 4) is 0 Å². The van der Waals surface area contributed by atoms with Gasteiger partial charge in [-0.15, -0.1) is 0 Å². The second-order valence-electron chi connectivity index (χ2n) is 2.39. The maximum atomic E-state index is 3.13. The van der Waals surface area contributed by atoms with Gasteiger partial charge in [0.15, 0.2) is 0 Å². The average Bonchev–Trinajstić information content (AvgIpc) is 2.05. The average molecular weight is 135 g/mol. The van der Waals surface area contributed by atoms with Crippen LogP contribution in [0, 0.1) is 0 Å². The zero-order chi connectivity index (χ0) is 7.40. The lowest BCUT2D eigenvalue weighted by atomic mass is 10.1. The summed E-state index contributed by atoms with van der Waals surface area (Å²) < 4.78 is 0. The fraction of sp³-hybridized carbons (Fsp3) is 0.333. The Balaban J connectivity index is 2.74. The van der Waals surface area contributed by atoms with Crippen LogP contribution in [0.2, 0.25) is 0 Å². The van der Waals surface area contributed by atoms with Crippen LogP contribution in [-0.4, -0.2) is 7.05 Å². The van der Waals surface area contributed by atoms with Gasteiger partial charge in [0, 0.05) is 12.7 Å². The second-order valence-corrected chi connectivity index (χ2v) is 2.39. The van der Waals surface area contributed by atoms with Crippen LogP contribution in [0.5, 0.6) is 0 Å². The topological polar surface area (TPSA) is 12.0 Å². The molecule has 0 heterocycles. The van der Waals surface area contributed by atoms with E-state index in [9.17, 15) is 0 Å². The number of nitrogens with one attached hydrogen (secondary N) is 1. The summed E-state index contributed by atoms with van der Waals surface area (Å²) in [7, 11) is 1.95. The summed E-state index contributed by atoms with van der Waals surface area (Å²) in [5.41, 5.74) is 2.64. The number of hydrogen-bond donors (Lipinski definition) is 1. The Bertz CT molecular complexity index is 197. The Hall–Kier alpha value is -0.980. The summed E-state index contributed by atoms with van der Waals surface area (Å²) in [6, 6.07) is 0. The van der Waals surface area contributed by atoms with Crippen LogP contribution >= 0.6 is 0 Å². The van der Waals surface area contributed by atoms with E-state index in [2.05, 4.69) is 36.5 Å². The minimum Gasteiger partial charge on any atom is -0.391 e. The van der Waals surface area contributed by atoms with Crippen molar-refractivity contribution in [3.63, 3.8) is 0 Å². The van der Waals surface area contributed by atoms with Crippen LogP contribution in [-0.2, 0) is 0 Å². The lowest BCUT2D eigenvalue weighted by Crippen LogP contribution is -2.04. The van der Waals surface area contributed by atoms with E-state index in [0.717, 1.165) is 6.42 Å². The van der Waals surface area contributed by atoms with Gasteiger partial charge >= 0.3 is 0 Å². The molecule has 0 bridgehead atoms. The molecule has 1 N–H and O–H groups in total. The second kappa shape index (κ2) is 3.25. The standard InChI is InChI=1S/C9H13N/c1-8(10-2)9-6-4-3-5-7-9/h3-6,10H,7H2,1-2H3/b9-8-. The van der Waals surface area contributed by atoms with Gasteiger partial charge in [-0.1, -0.05) is 24.3 Å². The van der Waals surface area contributed by atoms with Crippen molar-refractivity contribution in [1.82, 2.24) is 5.32 Å². The molecule has 0 saturated heterocycles. The zero-order valence-electron chi connectivity index (χ0n) is 6.52. The summed E-state index contributed by atoms with van der Waals surface area (Å²) in [6.07, 6.45) is 9.51. The molecule has 10 heavy (non-hydrogen) atoms. The van der Waals surface area contributed by atoms with Gasteiger partial charge in [-0.25, -0.2) is 0 Å². The van der Waals surface area contributed by atoms with Crippen molar-refractivity contribution < 1.29 is 0 Å². The third-order valence-electron chi connectivity index (χ3n) is 1.74. The van der Waals surface area contributed by atoms with Crippen molar-refractivity contribution in [2.24, 2.45) is 0 Å². The Labute approximate surface area is 62.1 Å². The molecule has 0 aromatic carbocycles. The molecule has 1 nitrogen and oxygen atoms in total. The lowest BCUT2D eigenvalue weighted by Gasteiger charge is -2.07.